The van der Waals surface area contributed by atoms with E-state index in [-0.39, 0.29) is 5.25 Å². The molecule has 114 valence electrons. The van der Waals surface area contributed by atoms with Gasteiger partial charge in [-0.1, -0.05) is 6.08 Å². The average Bonchev–Trinajstić information content (AvgIpc) is 2.50. The lowest BCUT2D eigenvalue weighted by Gasteiger charge is -2.17. The molecule has 0 spiro atoms. The van der Waals surface area contributed by atoms with Gasteiger partial charge in [-0.15, -0.1) is 0 Å². The lowest BCUT2D eigenvalue weighted by Crippen LogP contribution is -2.17. The summed E-state index contributed by atoms with van der Waals surface area (Å²) in [7, 11) is 2.28. The van der Waals surface area contributed by atoms with E-state index in [4.69, 9.17) is 9.47 Å². The van der Waals surface area contributed by atoms with Gasteiger partial charge in [-0.2, -0.15) is 0 Å². The fraction of sp³-hybridized carbons (Fsp3) is 0.438. The number of aryl methyl sites for hydroxylation is 1. The first kappa shape index (κ1) is 15.8. The summed E-state index contributed by atoms with van der Waals surface area (Å²) in [6.07, 6.45) is 8.31. The summed E-state index contributed by atoms with van der Waals surface area (Å²) in [6.45, 7) is 3.92. The molecule has 1 heterocycles. The van der Waals surface area contributed by atoms with Crippen molar-refractivity contribution in [3.05, 3.63) is 47.0 Å². The van der Waals surface area contributed by atoms with Crippen molar-refractivity contribution in [2.75, 3.05) is 14.2 Å². The number of ether oxygens (including phenoxy) is 2. The first-order valence-electron chi connectivity index (χ1n) is 6.85. The van der Waals surface area contributed by atoms with E-state index >= 15 is 0 Å². The molecule has 1 aliphatic rings. The summed E-state index contributed by atoms with van der Waals surface area (Å²) in [5.41, 5.74) is 2.80. The van der Waals surface area contributed by atoms with Gasteiger partial charge in [0.2, 0.25) is 0 Å². The third kappa shape index (κ3) is 3.53. The number of hydrogen-bond acceptors (Lipinski definition) is 4. The van der Waals surface area contributed by atoms with Crippen LogP contribution in [0, 0.1) is 13.8 Å². The van der Waals surface area contributed by atoms with Crippen molar-refractivity contribution in [1.29, 1.82) is 0 Å². The van der Waals surface area contributed by atoms with Crippen LogP contribution in [0.5, 0.6) is 5.75 Å². The Bertz CT molecular complexity index is 608. The van der Waals surface area contributed by atoms with Crippen LogP contribution in [0.4, 0.5) is 0 Å². The van der Waals surface area contributed by atoms with E-state index in [0.29, 0.717) is 5.75 Å². The van der Waals surface area contributed by atoms with Gasteiger partial charge in [0.1, 0.15) is 11.5 Å². The minimum absolute atomic E-state index is 0.0115. The molecule has 2 rings (SSSR count). The summed E-state index contributed by atoms with van der Waals surface area (Å²) in [5, 5.41) is 0.0115. The van der Waals surface area contributed by atoms with Gasteiger partial charge < -0.3 is 9.47 Å². The van der Waals surface area contributed by atoms with Crippen LogP contribution < -0.4 is 4.74 Å². The topological polar surface area (TPSA) is 48.4 Å². The van der Waals surface area contributed by atoms with Crippen LogP contribution in [0.15, 0.2) is 30.2 Å². The summed E-state index contributed by atoms with van der Waals surface area (Å²) in [6, 6.07) is 0. The second-order valence-corrected chi connectivity index (χ2v) is 6.67. The predicted molar refractivity (Wildman–Crippen MR) is 84.7 cm³/mol. The van der Waals surface area contributed by atoms with Crippen LogP contribution >= 0.6 is 0 Å². The number of methoxy groups -OCH3 is 2. The maximum absolute atomic E-state index is 12.5. The Labute approximate surface area is 128 Å². The summed E-state index contributed by atoms with van der Waals surface area (Å²) >= 11 is 0. The zero-order chi connectivity index (χ0) is 15.4. The third-order valence-electron chi connectivity index (χ3n) is 3.63. The Hall–Kier alpha value is -1.62. The lowest BCUT2D eigenvalue weighted by atomic mass is 10.1. The van der Waals surface area contributed by atoms with Crippen molar-refractivity contribution in [3.8, 4) is 5.75 Å². The van der Waals surface area contributed by atoms with Crippen molar-refractivity contribution in [1.82, 2.24) is 4.98 Å². The normalized spacial score (nSPS) is 19.0. The molecule has 0 N–H and O–H groups in total. The quantitative estimate of drug-likeness (QED) is 0.839. The van der Waals surface area contributed by atoms with Gasteiger partial charge in [-0.3, -0.25) is 9.19 Å². The Morgan fingerprint density at radius 2 is 2.10 bits per heavy atom. The summed E-state index contributed by atoms with van der Waals surface area (Å²) in [5.74, 6) is 2.10. The Kier molecular flexibility index (Phi) is 5.17. The van der Waals surface area contributed by atoms with E-state index in [1.54, 1.807) is 20.4 Å². The Balaban J connectivity index is 2.11. The molecule has 21 heavy (non-hydrogen) atoms. The number of hydrogen-bond donors (Lipinski definition) is 0. The molecule has 0 radical (unpaired) electrons. The smallest absolute Gasteiger partial charge is 0.128 e. The lowest BCUT2D eigenvalue weighted by molar-refractivity contribution is 0.303. The van der Waals surface area contributed by atoms with Gasteiger partial charge >= 0.3 is 0 Å². The van der Waals surface area contributed by atoms with Crippen LogP contribution in [0.25, 0.3) is 0 Å². The predicted octanol–water partition coefficient (Wildman–Crippen LogP) is 2.81. The van der Waals surface area contributed by atoms with Crippen LogP contribution in [0.2, 0.25) is 0 Å². The molecular weight excluding hydrogens is 286 g/mol. The largest absolute Gasteiger partial charge is 0.497 e. The number of pyridine rings is 1. The number of nitrogens with zero attached hydrogens (tertiary/aromatic N) is 1. The average molecular weight is 307 g/mol. The van der Waals surface area contributed by atoms with Crippen LogP contribution in [0.1, 0.15) is 23.2 Å². The SMILES string of the molecule is COC1=CCC(S(=O)Cc2ncc(C)c(OC)c2C)C=C1. The monoisotopic (exact) mass is 307 g/mol. The highest BCUT2D eigenvalue weighted by atomic mass is 32.2. The van der Waals surface area contributed by atoms with E-state index in [9.17, 15) is 4.21 Å². The molecular formula is C16H21NO3S. The first-order valence-corrected chi connectivity index (χ1v) is 8.23. The fourth-order valence-electron chi connectivity index (χ4n) is 2.39. The molecule has 0 fully saturated rings. The molecule has 0 aromatic carbocycles. The molecule has 0 saturated carbocycles. The fourth-order valence-corrected chi connectivity index (χ4v) is 3.73. The minimum Gasteiger partial charge on any atom is -0.497 e. The van der Waals surface area contributed by atoms with Gasteiger partial charge in [0.15, 0.2) is 0 Å². The maximum Gasteiger partial charge on any atom is 0.128 e. The van der Waals surface area contributed by atoms with Crippen molar-refractivity contribution in [3.63, 3.8) is 0 Å². The molecule has 5 heteroatoms. The third-order valence-corrected chi connectivity index (χ3v) is 5.21. The zero-order valence-corrected chi connectivity index (χ0v) is 13.7. The molecule has 1 aliphatic carbocycles. The standard InChI is InChI=1S/C16H21NO3S/c1-11-9-17-15(12(2)16(11)20-4)10-21(18)14-7-5-13(19-3)6-8-14/h5-7,9,14H,8,10H2,1-4H3. The van der Waals surface area contributed by atoms with E-state index in [2.05, 4.69) is 4.98 Å². The van der Waals surface area contributed by atoms with Gasteiger partial charge in [0, 0.05) is 28.1 Å². The molecule has 0 bridgehead atoms. The second kappa shape index (κ2) is 6.89. The van der Waals surface area contributed by atoms with Crippen molar-refractivity contribution in [2.24, 2.45) is 0 Å². The zero-order valence-electron chi connectivity index (χ0n) is 12.9. The number of aromatic nitrogens is 1. The van der Waals surface area contributed by atoms with Crippen LogP contribution in [-0.2, 0) is 21.3 Å². The number of rotatable bonds is 5. The van der Waals surface area contributed by atoms with Crippen molar-refractivity contribution < 1.29 is 13.7 Å². The van der Waals surface area contributed by atoms with Gasteiger partial charge in [-0.05, 0) is 32.4 Å². The summed E-state index contributed by atoms with van der Waals surface area (Å²) < 4.78 is 23.0. The van der Waals surface area contributed by atoms with Crippen molar-refractivity contribution >= 4 is 10.8 Å². The van der Waals surface area contributed by atoms with Gasteiger partial charge in [0.05, 0.1) is 30.9 Å². The molecule has 2 unspecified atom stereocenters. The van der Waals surface area contributed by atoms with E-state index in [1.807, 2.05) is 32.1 Å². The second-order valence-electron chi connectivity index (χ2n) is 5.02. The van der Waals surface area contributed by atoms with Crippen molar-refractivity contribution in [2.45, 2.75) is 31.3 Å². The first-order chi connectivity index (χ1) is 10.1. The highest BCUT2D eigenvalue weighted by molar-refractivity contribution is 7.85. The van der Waals surface area contributed by atoms with Crippen LogP contribution in [0.3, 0.4) is 0 Å². The Morgan fingerprint density at radius 1 is 1.33 bits per heavy atom. The van der Waals surface area contributed by atoms with E-state index in [0.717, 1.165) is 34.8 Å². The van der Waals surface area contributed by atoms with E-state index < -0.39 is 10.8 Å². The number of allylic oxidation sites excluding steroid dienone is 2. The van der Waals surface area contributed by atoms with E-state index in [1.165, 1.54) is 0 Å². The molecule has 0 aliphatic heterocycles. The molecule has 0 saturated heterocycles. The molecule has 4 nitrogen and oxygen atoms in total. The van der Waals surface area contributed by atoms with Crippen LogP contribution in [-0.4, -0.2) is 28.7 Å². The molecule has 0 amide bonds. The Morgan fingerprint density at radius 3 is 2.67 bits per heavy atom. The highest BCUT2D eigenvalue weighted by Crippen LogP contribution is 2.26. The highest BCUT2D eigenvalue weighted by Gasteiger charge is 2.19. The maximum atomic E-state index is 12.5. The molecule has 1 aromatic heterocycles. The molecule has 2 atom stereocenters. The van der Waals surface area contributed by atoms with Gasteiger partial charge in [-0.25, -0.2) is 0 Å². The minimum atomic E-state index is -1.01. The summed E-state index contributed by atoms with van der Waals surface area (Å²) in [4.78, 5) is 4.42. The van der Waals surface area contributed by atoms with Gasteiger partial charge in [0.25, 0.3) is 0 Å². The molecule has 1 aromatic rings.